The van der Waals surface area contributed by atoms with Crippen LogP contribution in [0.4, 0.5) is 0 Å². The van der Waals surface area contributed by atoms with Crippen LogP contribution >= 0.6 is 0 Å². The maximum absolute atomic E-state index is 12.6. The summed E-state index contributed by atoms with van der Waals surface area (Å²) < 4.78 is 1.79. The van der Waals surface area contributed by atoms with Gasteiger partial charge in [0, 0.05) is 19.0 Å². The Morgan fingerprint density at radius 2 is 1.92 bits per heavy atom. The molecule has 1 fully saturated rings. The molecule has 1 aromatic heterocycles. The molecule has 1 aromatic rings. The summed E-state index contributed by atoms with van der Waals surface area (Å²) in [5.74, 6) is -0.888. The second kappa shape index (κ2) is 7.95. The van der Waals surface area contributed by atoms with Crippen molar-refractivity contribution < 1.29 is 14.7 Å². The topological polar surface area (TPSA) is 75.4 Å². The summed E-state index contributed by atoms with van der Waals surface area (Å²) in [6, 6.07) is 0.138. The number of allylic oxidation sites excluding steroid dienone is 2. The Balaban J connectivity index is 2.00. The highest BCUT2D eigenvalue weighted by molar-refractivity contribution is 5.88. The molecular weight excluding hydrogens is 306 g/mol. The number of carboxylic acids is 1. The number of likely N-dealkylation sites (tertiary alicyclic amines) is 1. The van der Waals surface area contributed by atoms with Gasteiger partial charge in [-0.2, -0.15) is 5.10 Å². The molecule has 0 aromatic carbocycles. The summed E-state index contributed by atoms with van der Waals surface area (Å²) >= 11 is 0. The van der Waals surface area contributed by atoms with E-state index in [-0.39, 0.29) is 23.4 Å². The molecule has 24 heavy (non-hydrogen) atoms. The SMILES string of the molecule is C=CCC(CC=C)C(=O)N1CCC(n2ncc(C(=O)O)c2C)CC1. The lowest BCUT2D eigenvalue weighted by atomic mass is 9.97. The van der Waals surface area contributed by atoms with E-state index < -0.39 is 5.97 Å². The van der Waals surface area contributed by atoms with Gasteiger partial charge >= 0.3 is 5.97 Å². The smallest absolute Gasteiger partial charge is 0.339 e. The summed E-state index contributed by atoms with van der Waals surface area (Å²) in [7, 11) is 0. The van der Waals surface area contributed by atoms with Crippen LogP contribution in [0.15, 0.2) is 31.5 Å². The first kappa shape index (κ1) is 18.0. The molecule has 6 heteroatoms. The molecule has 0 aliphatic carbocycles. The number of amides is 1. The zero-order valence-electron chi connectivity index (χ0n) is 14.1. The number of hydrogen-bond acceptors (Lipinski definition) is 3. The molecule has 0 saturated carbocycles. The number of aromatic carboxylic acids is 1. The lowest BCUT2D eigenvalue weighted by molar-refractivity contribution is -0.136. The van der Waals surface area contributed by atoms with Gasteiger partial charge in [0.15, 0.2) is 0 Å². The fraction of sp³-hybridized carbons (Fsp3) is 0.500. The minimum atomic E-state index is -0.956. The van der Waals surface area contributed by atoms with Crippen molar-refractivity contribution >= 4 is 11.9 Å². The summed E-state index contributed by atoms with van der Waals surface area (Å²) in [6.07, 6.45) is 7.83. The average molecular weight is 331 g/mol. The Labute approximate surface area is 142 Å². The molecule has 0 bridgehead atoms. The van der Waals surface area contributed by atoms with Gasteiger partial charge in [-0.15, -0.1) is 13.2 Å². The molecule has 1 aliphatic heterocycles. The fourth-order valence-electron chi connectivity index (χ4n) is 3.29. The standard InChI is InChI=1S/C18H25N3O3/c1-4-6-14(7-5-2)17(22)20-10-8-15(9-11-20)21-13(3)16(12-19-21)18(23)24/h4-5,12,14-15H,1-2,6-11H2,3H3,(H,23,24). The van der Waals surface area contributed by atoms with Crippen LogP contribution in [0.2, 0.25) is 0 Å². The van der Waals surface area contributed by atoms with Crippen molar-refractivity contribution in [3.05, 3.63) is 42.8 Å². The number of rotatable bonds is 7. The lowest BCUT2D eigenvalue weighted by Crippen LogP contribution is -2.42. The van der Waals surface area contributed by atoms with E-state index in [1.807, 2.05) is 4.90 Å². The number of nitrogens with zero attached hydrogens (tertiary/aromatic N) is 3. The van der Waals surface area contributed by atoms with Crippen molar-refractivity contribution in [2.24, 2.45) is 5.92 Å². The number of carbonyl (C=O) groups is 2. The van der Waals surface area contributed by atoms with Crippen LogP contribution in [0.25, 0.3) is 0 Å². The molecule has 0 spiro atoms. The van der Waals surface area contributed by atoms with E-state index in [0.29, 0.717) is 31.6 Å². The maximum atomic E-state index is 12.6. The number of piperidine rings is 1. The zero-order valence-corrected chi connectivity index (χ0v) is 14.1. The number of carbonyl (C=O) groups excluding carboxylic acids is 1. The highest BCUT2D eigenvalue weighted by Gasteiger charge is 2.29. The predicted molar refractivity (Wildman–Crippen MR) is 91.9 cm³/mol. The molecule has 1 saturated heterocycles. The molecule has 130 valence electrons. The molecule has 0 radical (unpaired) electrons. The van der Waals surface area contributed by atoms with Gasteiger partial charge in [-0.05, 0) is 32.6 Å². The van der Waals surface area contributed by atoms with Crippen molar-refractivity contribution in [1.82, 2.24) is 14.7 Å². The lowest BCUT2D eigenvalue weighted by Gasteiger charge is -2.34. The first-order chi connectivity index (χ1) is 11.5. The van der Waals surface area contributed by atoms with E-state index >= 15 is 0 Å². The van der Waals surface area contributed by atoms with Gasteiger partial charge in [0.1, 0.15) is 5.56 Å². The average Bonchev–Trinajstić information content (AvgIpc) is 2.96. The van der Waals surface area contributed by atoms with Gasteiger partial charge in [-0.1, -0.05) is 12.2 Å². The molecular formula is C18H25N3O3. The van der Waals surface area contributed by atoms with Crippen molar-refractivity contribution in [3.8, 4) is 0 Å². The van der Waals surface area contributed by atoms with Crippen LogP contribution < -0.4 is 0 Å². The Morgan fingerprint density at radius 3 is 2.38 bits per heavy atom. The van der Waals surface area contributed by atoms with Crippen molar-refractivity contribution in [2.45, 2.75) is 38.6 Å². The number of hydrogen-bond donors (Lipinski definition) is 1. The molecule has 2 heterocycles. The van der Waals surface area contributed by atoms with E-state index in [1.54, 1.807) is 23.8 Å². The minimum absolute atomic E-state index is 0.0818. The molecule has 1 aliphatic rings. The van der Waals surface area contributed by atoms with Gasteiger partial charge in [0.25, 0.3) is 0 Å². The highest BCUT2D eigenvalue weighted by Crippen LogP contribution is 2.26. The summed E-state index contributed by atoms with van der Waals surface area (Å²) in [6.45, 7) is 10.5. The molecule has 0 unspecified atom stereocenters. The first-order valence-electron chi connectivity index (χ1n) is 8.27. The van der Waals surface area contributed by atoms with Crippen molar-refractivity contribution in [2.75, 3.05) is 13.1 Å². The first-order valence-corrected chi connectivity index (χ1v) is 8.27. The third-order valence-corrected chi connectivity index (χ3v) is 4.65. The highest BCUT2D eigenvalue weighted by atomic mass is 16.4. The monoisotopic (exact) mass is 331 g/mol. The number of aromatic nitrogens is 2. The quantitative estimate of drug-likeness (QED) is 0.780. The van der Waals surface area contributed by atoms with Crippen molar-refractivity contribution in [1.29, 1.82) is 0 Å². The van der Waals surface area contributed by atoms with Gasteiger partial charge < -0.3 is 10.0 Å². The Kier molecular flexibility index (Phi) is 5.95. The van der Waals surface area contributed by atoms with Crippen LogP contribution in [0.3, 0.4) is 0 Å². The van der Waals surface area contributed by atoms with Crippen LogP contribution in [0.5, 0.6) is 0 Å². The van der Waals surface area contributed by atoms with Crippen LogP contribution in [0, 0.1) is 12.8 Å². The molecule has 1 amide bonds. The van der Waals surface area contributed by atoms with E-state index in [4.69, 9.17) is 5.11 Å². The third-order valence-electron chi connectivity index (χ3n) is 4.65. The maximum Gasteiger partial charge on any atom is 0.339 e. The summed E-state index contributed by atoms with van der Waals surface area (Å²) in [5, 5.41) is 13.4. The normalized spacial score (nSPS) is 15.5. The zero-order chi connectivity index (χ0) is 17.7. The predicted octanol–water partition coefficient (Wildman–Crippen LogP) is 2.82. The molecule has 0 atom stereocenters. The van der Waals surface area contributed by atoms with E-state index in [2.05, 4.69) is 18.3 Å². The second-order valence-electron chi connectivity index (χ2n) is 6.20. The van der Waals surface area contributed by atoms with E-state index in [9.17, 15) is 9.59 Å². The third kappa shape index (κ3) is 3.75. The Morgan fingerprint density at radius 1 is 1.33 bits per heavy atom. The summed E-state index contributed by atoms with van der Waals surface area (Å²) in [4.78, 5) is 25.6. The van der Waals surface area contributed by atoms with Gasteiger partial charge in [-0.25, -0.2) is 4.79 Å². The van der Waals surface area contributed by atoms with Crippen LogP contribution in [0.1, 0.15) is 47.8 Å². The molecule has 1 N–H and O–H groups in total. The fourth-order valence-corrected chi connectivity index (χ4v) is 3.29. The molecule has 6 nitrogen and oxygen atoms in total. The largest absolute Gasteiger partial charge is 0.478 e. The van der Waals surface area contributed by atoms with Crippen LogP contribution in [-0.2, 0) is 4.79 Å². The van der Waals surface area contributed by atoms with Gasteiger partial charge in [0.2, 0.25) is 5.91 Å². The van der Waals surface area contributed by atoms with Gasteiger partial charge in [-0.3, -0.25) is 9.48 Å². The second-order valence-corrected chi connectivity index (χ2v) is 6.20. The van der Waals surface area contributed by atoms with Gasteiger partial charge in [0.05, 0.1) is 17.9 Å². The Bertz CT molecular complexity index is 617. The molecule has 2 rings (SSSR count). The number of carboxylic acid groups (broad SMARTS) is 1. The Hall–Kier alpha value is -2.37. The van der Waals surface area contributed by atoms with Crippen LogP contribution in [-0.4, -0.2) is 44.8 Å². The van der Waals surface area contributed by atoms with E-state index in [1.165, 1.54) is 6.20 Å². The van der Waals surface area contributed by atoms with Crippen molar-refractivity contribution in [3.63, 3.8) is 0 Å². The van der Waals surface area contributed by atoms with E-state index in [0.717, 1.165) is 12.8 Å². The summed E-state index contributed by atoms with van der Waals surface area (Å²) in [5.41, 5.74) is 0.911. The minimum Gasteiger partial charge on any atom is -0.478 e.